The van der Waals surface area contributed by atoms with Gasteiger partial charge in [0.2, 0.25) is 10.0 Å². The number of carbonyl (C=O) groups is 1. The molecule has 1 fully saturated rings. The highest BCUT2D eigenvalue weighted by atomic mass is 32.2. The molecule has 0 bridgehead atoms. The lowest BCUT2D eigenvalue weighted by Gasteiger charge is -2.20. The molecule has 1 aliphatic heterocycles. The van der Waals surface area contributed by atoms with E-state index in [1.807, 2.05) is 6.07 Å². The standard InChI is InChI=1S/C19H20N4O4S/c24-19(25)15-10-16(23-18-14(13-21-23)6-5-7-20-18)12-17(11-15)28(26,27)22-8-3-1-2-4-9-22/h5-7,10-13H,1-4,8-9H2,(H,24,25). The van der Waals surface area contributed by atoms with Crippen molar-refractivity contribution in [3.63, 3.8) is 0 Å². The van der Waals surface area contributed by atoms with Gasteiger partial charge in [-0.2, -0.15) is 9.40 Å². The third-order valence-electron chi connectivity index (χ3n) is 4.92. The molecule has 0 aliphatic carbocycles. The van der Waals surface area contributed by atoms with Gasteiger partial charge in [0.25, 0.3) is 0 Å². The summed E-state index contributed by atoms with van der Waals surface area (Å²) in [5.74, 6) is -1.20. The summed E-state index contributed by atoms with van der Waals surface area (Å²) in [6.45, 7) is 0.891. The molecule has 1 N–H and O–H groups in total. The summed E-state index contributed by atoms with van der Waals surface area (Å²) >= 11 is 0. The summed E-state index contributed by atoms with van der Waals surface area (Å²) in [6.07, 6.45) is 6.82. The lowest BCUT2D eigenvalue weighted by molar-refractivity contribution is 0.0696. The van der Waals surface area contributed by atoms with E-state index in [9.17, 15) is 18.3 Å². The molecule has 0 atom stereocenters. The van der Waals surface area contributed by atoms with Gasteiger partial charge in [0.1, 0.15) is 0 Å². The number of carboxylic acid groups (broad SMARTS) is 1. The second kappa shape index (κ2) is 7.33. The van der Waals surface area contributed by atoms with Crippen LogP contribution < -0.4 is 0 Å². The SMILES string of the molecule is O=C(O)c1cc(-n2ncc3cccnc32)cc(S(=O)(=O)N2CCCCCC2)c1. The number of aromatic nitrogens is 3. The Morgan fingerprint density at radius 1 is 1.07 bits per heavy atom. The van der Waals surface area contributed by atoms with Crippen LogP contribution in [0.4, 0.5) is 0 Å². The maximum absolute atomic E-state index is 13.2. The number of benzene rings is 1. The van der Waals surface area contributed by atoms with Gasteiger partial charge in [0.05, 0.1) is 22.3 Å². The number of pyridine rings is 1. The van der Waals surface area contributed by atoms with E-state index in [2.05, 4.69) is 10.1 Å². The van der Waals surface area contributed by atoms with Crippen LogP contribution in [-0.2, 0) is 10.0 Å². The van der Waals surface area contributed by atoms with E-state index in [1.54, 1.807) is 18.5 Å². The van der Waals surface area contributed by atoms with Crippen molar-refractivity contribution in [3.05, 3.63) is 48.3 Å². The van der Waals surface area contributed by atoms with Crippen molar-refractivity contribution in [2.75, 3.05) is 13.1 Å². The van der Waals surface area contributed by atoms with Crippen molar-refractivity contribution in [2.24, 2.45) is 0 Å². The topological polar surface area (TPSA) is 105 Å². The quantitative estimate of drug-likeness (QED) is 0.722. The monoisotopic (exact) mass is 400 g/mol. The smallest absolute Gasteiger partial charge is 0.335 e. The lowest BCUT2D eigenvalue weighted by atomic mass is 10.2. The zero-order chi connectivity index (χ0) is 19.7. The molecule has 0 amide bonds. The number of rotatable bonds is 4. The van der Waals surface area contributed by atoms with Gasteiger partial charge in [-0.15, -0.1) is 0 Å². The van der Waals surface area contributed by atoms with E-state index >= 15 is 0 Å². The third-order valence-corrected chi connectivity index (χ3v) is 6.79. The van der Waals surface area contributed by atoms with Crippen molar-refractivity contribution < 1.29 is 18.3 Å². The zero-order valence-electron chi connectivity index (χ0n) is 15.2. The maximum Gasteiger partial charge on any atom is 0.335 e. The summed E-state index contributed by atoms with van der Waals surface area (Å²) in [6, 6.07) is 7.70. The highest BCUT2D eigenvalue weighted by molar-refractivity contribution is 7.89. The van der Waals surface area contributed by atoms with Crippen LogP contribution in [0.2, 0.25) is 0 Å². The summed E-state index contributed by atoms with van der Waals surface area (Å²) in [7, 11) is -3.80. The van der Waals surface area contributed by atoms with Crippen molar-refractivity contribution >= 4 is 27.0 Å². The van der Waals surface area contributed by atoms with Gasteiger partial charge < -0.3 is 5.11 Å². The Kier molecular flexibility index (Phi) is 4.86. The number of fused-ring (bicyclic) bond motifs is 1. The number of hydrogen-bond acceptors (Lipinski definition) is 5. The third kappa shape index (κ3) is 3.38. The minimum absolute atomic E-state index is 0.0381. The Morgan fingerprint density at radius 2 is 1.82 bits per heavy atom. The van der Waals surface area contributed by atoms with Crippen LogP contribution in [0, 0.1) is 0 Å². The first-order valence-corrected chi connectivity index (χ1v) is 10.6. The van der Waals surface area contributed by atoms with E-state index < -0.39 is 16.0 Å². The Bertz CT molecular complexity index is 1130. The highest BCUT2D eigenvalue weighted by Crippen LogP contribution is 2.25. The molecule has 3 aromatic rings. The average molecular weight is 400 g/mol. The summed E-state index contributed by atoms with van der Waals surface area (Å²) in [4.78, 5) is 15.9. The molecule has 28 heavy (non-hydrogen) atoms. The van der Waals surface area contributed by atoms with Crippen molar-refractivity contribution in [1.82, 2.24) is 19.1 Å². The molecule has 9 heteroatoms. The van der Waals surface area contributed by atoms with Crippen LogP contribution in [0.1, 0.15) is 36.0 Å². The van der Waals surface area contributed by atoms with Crippen LogP contribution in [-0.4, -0.2) is 51.7 Å². The summed E-state index contributed by atoms with van der Waals surface area (Å²) in [5.41, 5.74) is 0.774. The van der Waals surface area contributed by atoms with Crippen molar-refractivity contribution in [3.8, 4) is 5.69 Å². The molecule has 0 unspecified atom stereocenters. The fraction of sp³-hybridized carbons (Fsp3) is 0.316. The molecule has 8 nitrogen and oxygen atoms in total. The predicted molar refractivity (Wildman–Crippen MR) is 103 cm³/mol. The summed E-state index contributed by atoms with van der Waals surface area (Å²) < 4.78 is 29.3. The van der Waals surface area contributed by atoms with E-state index in [1.165, 1.54) is 27.2 Å². The lowest BCUT2D eigenvalue weighted by Crippen LogP contribution is -2.32. The molecule has 0 radical (unpaired) electrons. The second-order valence-corrected chi connectivity index (χ2v) is 8.75. The molecular weight excluding hydrogens is 380 g/mol. The molecule has 1 aliphatic rings. The fourth-order valence-corrected chi connectivity index (χ4v) is 5.04. The fourth-order valence-electron chi connectivity index (χ4n) is 3.46. The molecule has 146 valence electrons. The van der Waals surface area contributed by atoms with Crippen molar-refractivity contribution in [2.45, 2.75) is 30.6 Å². The van der Waals surface area contributed by atoms with Crippen LogP contribution >= 0.6 is 0 Å². The van der Waals surface area contributed by atoms with Gasteiger partial charge in [-0.05, 0) is 43.2 Å². The van der Waals surface area contributed by atoms with E-state index in [0.29, 0.717) is 24.4 Å². The second-order valence-electron chi connectivity index (χ2n) is 6.81. The Balaban J connectivity index is 1.85. The average Bonchev–Trinajstić information content (AvgIpc) is 2.92. The molecular formula is C19H20N4O4S. The first-order chi connectivity index (χ1) is 13.5. The molecule has 2 aromatic heterocycles. The predicted octanol–water partition coefficient (Wildman–Crippen LogP) is 2.68. The molecule has 1 aromatic carbocycles. The Labute approximate surface area is 162 Å². The zero-order valence-corrected chi connectivity index (χ0v) is 16.0. The number of sulfonamides is 1. The first kappa shape index (κ1) is 18.6. The molecule has 4 rings (SSSR count). The highest BCUT2D eigenvalue weighted by Gasteiger charge is 2.27. The van der Waals surface area contributed by atoms with Crippen molar-refractivity contribution in [1.29, 1.82) is 0 Å². The van der Waals surface area contributed by atoms with Crippen LogP contribution in [0.3, 0.4) is 0 Å². The minimum atomic E-state index is -3.80. The molecule has 3 heterocycles. The van der Waals surface area contributed by atoms with Gasteiger partial charge in [-0.3, -0.25) is 0 Å². The molecule has 0 spiro atoms. The minimum Gasteiger partial charge on any atom is -0.478 e. The van der Waals surface area contributed by atoms with Gasteiger partial charge in [0.15, 0.2) is 5.65 Å². The van der Waals surface area contributed by atoms with Crippen LogP contribution in [0.25, 0.3) is 16.7 Å². The number of hydrogen-bond donors (Lipinski definition) is 1. The number of carboxylic acids is 1. The molecule has 0 saturated carbocycles. The van der Waals surface area contributed by atoms with E-state index in [0.717, 1.165) is 31.1 Å². The van der Waals surface area contributed by atoms with Crippen LogP contribution in [0.15, 0.2) is 47.6 Å². The molecule has 1 saturated heterocycles. The van der Waals surface area contributed by atoms with Crippen LogP contribution in [0.5, 0.6) is 0 Å². The van der Waals surface area contributed by atoms with Gasteiger partial charge in [0, 0.05) is 24.7 Å². The normalized spacial score (nSPS) is 16.1. The van der Waals surface area contributed by atoms with Gasteiger partial charge in [-0.1, -0.05) is 12.8 Å². The Morgan fingerprint density at radius 3 is 2.54 bits per heavy atom. The van der Waals surface area contributed by atoms with Gasteiger partial charge >= 0.3 is 5.97 Å². The summed E-state index contributed by atoms with van der Waals surface area (Å²) in [5, 5.41) is 14.6. The Hall–Kier alpha value is -2.78. The van der Waals surface area contributed by atoms with E-state index in [-0.39, 0.29) is 10.5 Å². The first-order valence-electron chi connectivity index (χ1n) is 9.14. The number of nitrogens with zero attached hydrogens (tertiary/aromatic N) is 4. The van der Waals surface area contributed by atoms with Gasteiger partial charge in [-0.25, -0.2) is 22.9 Å². The number of aromatic carboxylic acids is 1. The maximum atomic E-state index is 13.2. The van der Waals surface area contributed by atoms with E-state index in [4.69, 9.17) is 0 Å². The largest absolute Gasteiger partial charge is 0.478 e.